The van der Waals surface area contributed by atoms with Crippen LogP contribution in [0.15, 0.2) is 140 Å². The van der Waals surface area contributed by atoms with Crippen LogP contribution in [0.4, 0.5) is 22.7 Å². The number of ether oxygens (including phenoxy) is 1. The molecule has 4 amide bonds. The smallest absolute Gasteiger partial charge is 0.262 e. The third kappa shape index (κ3) is 12.0. The molecule has 10 rings (SSSR count). The number of aromatic amines is 2. The van der Waals surface area contributed by atoms with E-state index in [-0.39, 0.29) is 30.2 Å². The third-order valence-corrected chi connectivity index (χ3v) is 14.6. The molecular formula is C71H68N8O5. The number of amides is 4. The van der Waals surface area contributed by atoms with E-state index in [4.69, 9.17) is 21.1 Å². The van der Waals surface area contributed by atoms with Gasteiger partial charge >= 0.3 is 0 Å². The first-order valence-corrected chi connectivity index (χ1v) is 28.1. The number of aryl methyl sites for hydroxylation is 1. The highest BCUT2D eigenvalue weighted by Crippen LogP contribution is 2.44. The molecule has 0 atom stereocenters. The molecule has 0 radical (unpaired) electrons. The molecule has 2 aliphatic rings. The first-order chi connectivity index (χ1) is 40.1. The van der Waals surface area contributed by atoms with Gasteiger partial charge < -0.3 is 36.0 Å². The summed E-state index contributed by atoms with van der Waals surface area (Å²) in [5.41, 5.74) is 12.2. The number of hydrogen-bond donors (Lipinski definition) is 6. The van der Waals surface area contributed by atoms with Crippen molar-refractivity contribution in [2.24, 2.45) is 16.2 Å². The molecule has 8 bridgehead atoms. The molecule has 0 saturated carbocycles. The molecule has 2 aliphatic heterocycles. The molecule has 0 fully saturated rings. The van der Waals surface area contributed by atoms with Crippen LogP contribution in [0.5, 0.6) is 5.75 Å². The molecule has 0 saturated heterocycles. The molecule has 0 unspecified atom stereocenters. The average molecular weight is 1110 g/mol. The Morgan fingerprint density at radius 1 is 0.464 bits per heavy atom. The van der Waals surface area contributed by atoms with Crippen LogP contribution >= 0.6 is 0 Å². The van der Waals surface area contributed by atoms with Gasteiger partial charge in [0.15, 0.2) is 6.61 Å². The fourth-order valence-electron chi connectivity index (χ4n) is 9.92. The Bertz CT molecular complexity index is 4170. The second-order valence-electron chi connectivity index (χ2n) is 24.0. The van der Waals surface area contributed by atoms with Crippen LogP contribution in [-0.2, 0) is 25.6 Å². The van der Waals surface area contributed by atoms with E-state index in [0.29, 0.717) is 124 Å². The Morgan fingerprint density at radius 3 is 1.10 bits per heavy atom. The summed E-state index contributed by atoms with van der Waals surface area (Å²) in [6, 6.07) is 44.0. The minimum atomic E-state index is -0.714. The molecule has 0 spiro atoms. The van der Waals surface area contributed by atoms with Gasteiger partial charge in [0, 0.05) is 111 Å². The van der Waals surface area contributed by atoms with Crippen molar-refractivity contribution in [3.63, 3.8) is 0 Å². The van der Waals surface area contributed by atoms with E-state index < -0.39 is 16.2 Å². The number of benzene rings is 5. The SMILES string of the molecule is C#Cc1ccc(OCC(=O)Nc2ccccc2-c2c3nc(c(-c4ccccc4NC(=O)C(C)(C)C)c4ccc([nH]4)c(-c4ccccc4NC(=O)C(C)(C)C)c4nc(c(-c5ccccc5NC(=O)C(C)(C)C)c5ccc2[nH]5)C=C4)C=C3)c(CC)c1. The third-order valence-electron chi connectivity index (χ3n) is 14.6. The van der Waals surface area contributed by atoms with Gasteiger partial charge in [0.25, 0.3) is 5.91 Å². The Kier molecular flexibility index (Phi) is 15.7. The molecule has 422 valence electrons. The maximum absolute atomic E-state index is 14.1. The van der Waals surface area contributed by atoms with Gasteiger partial charge in [0.05, 0.1) is 22.8 Å². The number of aromatic nitrogens is 4. The van der Waals surface area contributed by atoms with Gasteiger partial charge in [-0.2, -0.15) is 0 Å². The van der Waals surface area contributed by atoms with Gasteiger partial charge in [-0.05, 0) is 103 Å². The van der Waals surface area contributed by atoms with Gasteiger partial charge in [0.1, 0.15) is 5.75 Å². The van der Waals surface area contributed by atoms with E-state index in [0.717, 1.165) is 11.1 Å². The summed E-state index contributed by atoms with van der Waals surface area (Å²) >= 11 is 0. The average Bonchev–Trinajstić information content (AvgIpc) is 2.52. The fourth-order valence-corrected chi connectivity index (χ4v) is 9.92. The second kappa shape index (κ2) is 23.1. The van der Waals surface area contributed by atoms with Crippen LogP contribution in [0.1, 0.15) is 103 Å². The van der Waals surface area contributed by atoms with E-state index in [1.54, 1.807) is 12.1 Å². The van der Waals surface area contributed by atoms with E-state index in [2.05, 4.69) is 37.2 Å². The number of rotatable bonds is 12. The zero-order valence-electron chi connectivity index (χ0n) is 49.0. The molecule has 5 aromatic carbocycles. The Labute approximate surface area is 490 Å². The molecule has 6 N–H and O–H groups in total. The molecule has 5 heterocycles. The van der Waals surface area contributed by atoms with Crippen molar-refractivity contribution in [2.45, 2.75) is 75.7 Å². The number of para-hydroxylation sites is 4. The van der Waals surface area contributed by atoms with E-state index in [1.165, 1.54) is 0 Å². The molecule has 3 aromatic heterocycles. The topological polar surface area (TPSA) is 183 Å². The van der Waals surface area contributed by atoms with Gasteiger partial charge in [-0.15, -0.1) is 6.42 Å². The standard InChI is InChI=1S/C71H68N8O5/c1-12-42-30-39-60(43(13-2)40-42)84-41-61(80)76-48-26-18-14-22-44(48)62-52-31-33-54(72-52)63(45-23-15-19-27-49(45)77-66(81)69(3,4)5)56-35-37-58(74-56)65(47-25-17-21-29-51(47)79-68(83)71(9,10)11)59-38-36-57(75-59)64(55-34-32-53(62)73-55)46-24-16-20-28-50(46)78-67(82)70(6,7)8/h1,14-40,72,75H,13,41H2,2-11H3,(H,76,80)(H,77,81)(H,78,82)(H,79,83). The maximum atomic E-state index is 14.1. The summed E-state index contributed by atoms with van der Waals surface area (Å²) in [6.45, 7) is 18.6. The molecular weight excluding hydrogens is 1040 g/mol. The van der Waals surface area contributed by atoms with Crippen molar-refractivity contribution < 1.29 is 23.9 Å². The lowest BCUT2D eigenvalue weighted by atomic mass is 9.94. The summed E-state index contributed by atoms with van der Waals surface area (Å²) in [6.07, 6.45) is 14.2. The number of carbonyl (C=O) groups excluding carboxylic acids is 4. The van der Waals surface area contributed by atoms with Crippen LogP contribution in [0.25, 0.3) is 90.9 Å². The van der Waals surface area contributed by atoms with Gasteiger partial charge in [-0.1, -0.05) is 148 Å². The zero-order chi connectivity index (χ0) is 59.7. The summed E-state index contributed by atoms with van der Waals surface area (Å²) in [5.74, 6) is 2.37. The number of carbonyl (C=O) groups is 4. The van der Waals surface area contributed by atoms with Crippen LogP contribution in [-0.4, -0.2) is 50.2 Å². The highest BCUT2D eigenvalue weighted by atomic mass is 16.5. The molecule has 0 aliphatic carbocycles. The van der Waals surface area contributed by atoms with Crippen molar-refractivity contribution >= 4 is 92.7 Å². The van der Waals surface area contributed by atoms with Gasteiger partial charge in [-0.25, -0.2) is 9.97 Å². The van der Waals surface area contributed by atoms with E-state index in [1.807, 2.05) is 221 Å². The highest BCUT2D eigenvalue weighted by Gasteiger charge is 2.28. The number of hydrogen-bond acceptors (Lipinski definition) is 7. The Balaban J connectivity index is 1.30. The van der Waals surface area contributed by atoms with Crippen molar-refractivity contribution in [2.75, 3.05) is 27.9 Å². The first kappa shape index (κ1) is 57.2. The molecule has 8 aromatic rings. The van der Waals surface area contributed by atoms with Crippen LogP contribution < -0.4 is 26.0 Å². The number of H-pyrrole nitrogens is 2. The van der Waals surface area contributed by atoms with E-state index in [9.17, 15) is 19.2 Å². The lowest BCUT2D eigenvalue weighted by Crippen LogP contribution is -2.27. The summed E-state index contributed by atoms with van der Waals surface area (Å²) < 4.78 is 6.14. The minimum Gasteiger partial charge on any atom is -0.483 e. The van der Waals surface area contributed by atoms with Crippen LogP contribution in [0.2, 0.25) is 0 Å². The van der Waals surface area contributed by atoms with Crippen LogP contribution in [0.3, 0.4) is 0 Å². The Morgan fingerprint density at radius 2 is 0.786 bits per heavy atom. The first-order valence-electron chi connectivity index (χ1n) is 28.1. The van der Waals surface area contributed by atoms with Crippen molar-refractivity contribution in [3.05, 3.63) is 173 Å². The number of nitrogens with zero attached hydrogens (tertiary/aromatic N) is 2. The van der Waals surface area contributed by atoms with Gasteiger partial charge in [-0.3, -0.25) is 19.2 Å². The highest BCUT2D eigenvalue weighted by molar-refractivity contribution is 6.08. The Hall–Kier alpha value is -10.1. The van der Waals surface area contributed by atoms with Crippen molar-refractivity contribution in [1.29, 1.82) is 0 Å². The number of terminal acetylenes is 1. The quantitative estimate of drug-likeness (QED) is 0.0658. The molecule has 13 heteroatoms. The maximum Gasteiger partial charge on any atom is 0.262 e. The molecule has 13 nitrogen and oxygen atoms in total. The number of nitrogens with one attached hydrogen (secondary N) is 6. The zero-order valence-corrected chi connectivity index (χ0v) is 49.0. The lowest BCUT2D eigenvalue weighted by molar-refractivity contribution is -0.123. The van der Waals surface area contributed by atoms with Gasteiger partial charge in [0.2, 0.25) is 17.7 Å². The van der Waals surface area contributed by atoms with Crippen molar-refractivity contribution in [3.8, 4) is 62.6 Å². The summed E-state index contributed by atoms with van der Waals surface area (Å²) in [4.78, 5) is 74.4. The monoisotopic (exact) mass is 1110 g/mol. The van der Waals surface area contributed by atoms with Crippen LogP contribution in [0, 0.1) is 28.6 Å². The predicted molar refractivity (Wildman–Crippen MR) is 343 cm³/mol. The largest absolute Gasteiger partial charge is 0.483 e. The number of fused-ring (bicyclic) bond motifs is 8. The second-order valence-corrected chi connectivity index (χ2v) is 24.0. The van der Waals surface area contributed by atoms with E-state index >= 15 is 0 Å². The van der Waals surface area contributed by atoms with Crippen molar-refractivity contribution in [1.82, 2.24) is 19.9 Å². The normalized spacial score (nSPS) is 12.1. The fraction of sp³-hybridized carbons (Fsp3) is 0.211. The lowest BCUT2D eigenvalue weighted by Gasteiger charge is -2.20. The number of anilines is 4. The summed E-state index contributed by atoms with van der Waals surface area (Å²) in [5, 5.41) is 12.8. The summed E-state index contributed by atoms with van der Waals surface area (Å²) in [7, 11) is 0. The minimum absolute atomic E-state index is 0.161. The molecule has 84 heavy (non-hydrogen) atoms. The predicted octanol–water partition coefficient (Wildman–Crippen LogP) is 15.8.